The van der Waals surface area contributed by atoms with Gasteiger partial charge in [-0.15, -0.1) is 11.8 Å². The second-order valence-electron chi connectivity index (χ2n) is 8.85. The molecule has 0 heterocycles. The fourth-order valence-electron chi connectivity index (χ4n) is 3.67. The van der Waals surface area contributed by atoms with Crippen molar-refractivity contribution in [3.63, 3.8) is 0 Å². The molecule has 0 radical (unpaired) electrons. The molecule has 0 unspecified atom stereocenters. The summed E-state index contributed by atoms with van der Waals surface area (Å²) in [5, 5.41) is 5.61. The molecule has 0 fully saturated rings. The van der Waals surface area contributed by atoms with E-state index >= 15 is 0 Å². The summed E-state index contributed by atoms with van der Waals surface area (Å²) < 4.78 is 0. The van der Waals surface area contributed by atoms with Gasteiger partial charge < -0.3 is 10.6 Å². The Morgan fingerprint density at radius 2 is 1.45 bits per heavy atom. The molecule has 4 rings (SSSR count). The quantitative estimate of drug-likeness (QED) is 0.147. The van der Waals surface area contributed by atoms with Crippen LogP contribution in [0.3, 0.4) is 0 Å². The Labute approximate surface area is 227 Å². The van der Waals surface area contributed by atoms with Crippen LogP contribution in [-0.2, 0) is 4.79 Å². The van der Waals surface area contributed by atoms with Gasteiger partial charge in [0.05, 0.1) is 5.75 Å². The predicted molar refractivity (Wildman–Crippen MR) is 154 cm³/mol. The molecule has 190 valence electrons. The van der Waals surface area contributed by atoms with Crippen molar-refractivity contribution in [2.24, 2.45) is 0 Å². The van der Waals surface area contributed by atoms with Gasteiger partial charge in [0.1, 0.15) is 5.70 Å². The van der Waals surface area contributed by atoms with Crippen LogP contribution in [0.1, 0.15) is 37.4 Å². The second kappa shape index (κ2) is 12.7. The summed E-state index contributed by atoms with van der Waals surface area (Å²) in [5.41, 5.74) is 4.81. The minimum Gasteiger partial charge on any atom is -0.321 e. The molecular weight excluding hydrogens is 492 g/mol. The van der Waals surface area contributed by atoms with Crippen LogP contribution in [0.2, 0.25) is 0 Å². The Balaban J connectivity index is 1.44. The van der Waals surface area contributed by atoms with Gasteiger partial charge in [-0.3, -0.25) is 14.4 Å². The fraction of sp³-hybridized carbons (Fsp3) is 0.0938. The van der Waals surface area contributed by atoms with E-state index in [9.17, 15) is 14.4 Å². The minimum absolute atomic E-state index is 0.0625. The van der Waals surface area contributed by atoms with Gasteiger partial charge in [-0.2, -0.15) is 0 Å². The zero-order valence-electron chi connectivity index (χ0n) is 21.2. The summed E-state index contributed by atoms with van der Waals surface area (Å²) in [7, 11) is 0. The van der Waals surface area contributed by atoms with Gasteiger partial charge in [0.2, 0.25) is 0 Å². The van der Waals surface area contributed by atoms with Crippen LogP contribution in [0, 0.1) is 13.8 Å². The first kappa shape index (κ1) is 26.6. The van der Waals surface area contributed by atoms with Crippen LogP contribution < -0.4 is 10.6 Å². The maximum Gasteiger partial charge on any atom is 0.272 e. The first-order valence-corrected chi connectivity index (χ1v) is 13.1. The number of benzene rings is 4. The molecule has 2 amide bonds. The highest BCUT2D eigenvalue weighted by Gasteiger charge is 2.15. The molecule has 0 atom stereocenters. The van der Waals surface area contributed by atoms with Crippen molar-refractivity contribution < 1.29 is 14.4 Å². The Morgan fingerprint density at radius 1 is 0.737 bits per heavy atom. The summed E-state index contributed by atoms with van der Waals surface area (Å²) in [5.74, 6) is -0.424. The lowest BCUT2D eigenvalue weighted by atomic mass is 10.1. The first-order valence-electron chi connectivity index (χ1n) is 12.2. The van der Waals surface area contributed by atoms with E-state index in [1.807, 2.05) is 80.6 Å². The van der Waals surface area contributed by atoms with Gasteiger partial charge in [0.25, 0.3) is 11.8 Å². The van der Waals surface area contributed by atoms with Gasteiger partial charge in [-0.1, -0.05) is 77.9 Å². The van der Waals surface area contributed by atoms with Crippen molar-refractivity contribution in [3.8, 4) is 0 Å². The highest BCUT2D eigenvalue weighted by Crippen LogP contribution is 2.22. The highest BCUT2D eigenvalue weighted by atomic mass is 32.2. The molecule has 0 spiro atoms. The van der Waals surface area contributed by atoms with E-state index in [1.54, 1.807) is 42.5 Å². The lowest BCUT2D eigenvalue weighted by molar-refractivity contribution is -0.113. The van der Waals surface area contributed by atoms with Gasteiger partial charge in [-0.25, -0.2) is 0 Å². The SMILES string of the molecule is Cc1ccc(C(=O)CSc2ccc(NC(=O)/C(=C/c3cccc(C)c3)NC(=O)c3ccccc3)cc2)cc1. The van der Waals surface area contributed by atoms with Crippen LogP contribution in [0.5, 0.6) is 0 Å². The smallest absolute Gasteiger partial charge is 0.272 e. The molecule has 0 saturated heterocycles. The molecule has 2 N–H and O–H groups in total. The molecule has 0 aliphatic heterocycles. The van der Waals surface area contributed by atoms with Crippen molar-refractivity contribution >= 4 is 41.1 Å². The second-order valence-corrected chi connectivity index (χ2v) is 9.90. The molecule has 4 aromatic rings. The largest absolute Gasteiger partial charge is 0.321 e. The number of Topliss-reactive ketones (excluding diaryl/α,β-unsaturated/α-hetero) is 1. The first-order chi connectivity index (χ1) is 18.4. The number of carbonyl (C=O) groups is 3. The van der Waals surface area contributed by atoms with E-state index in [0.717, 1.165) is 21.6 Å². The highest BCUT2D eigenvalue weighted by molar-refractivity contribution is 8.00. The summed E-state index contributed by atoms with van der Waals surface area (Å²) in [4.78, 5) is 39.4. The molecule has 0 aromatic heterocycles. The Bertz CT molecular complexity index is 1460. The summed E-state index contributed by atoms with van der Waals surface area (Å²) in [6.07, 6.45) is 1.66. The molecule has 0 saturated carbocycles. The van der Waals surface area contributed by atoms with Crippen molar-refractivity contribution in [1.82, 2.24) is 5.32 Å². The van der Waals surface area contributed by atoms with E-state index < -0.39 is 5.91 Å². The monoisotopic (exact) mass is 520 g/mol. The number of thioether (sulfide) groups is 1. The number of hydrogen-bond donors (Lipinski definition) is 2. The zero-order chi connectivity index (χ0) is 26.9. The normalized spacial score (nSPS) is 11.1. The Kier molecular flexibility index (Phi) is 8.90. The van der Waals surface area contributed by atoms with Crippen molar-refractivity contribution in [3.05, 3.63) is 137 Å². The Morgan fingerprint density at radius 3 is 2.13 bits per heavy atom. The number of aryl methyl sites for hydroxylation is 2. The van der Waals surface area contributed by atoms with Crippen LogP contribution in [0.4, 0.5) is 5.69 Å². The predicted octanol–water partition coefficient (Wildman–Crippen LogP) is 6.69. The molecule has 0 aliphatic carbocycles. The van der Waals surface area contributed by atoms with Gasteiger partial charge in [0.15, 0.2) is 5.78 Å². The van der Waals surface area contributed by atoms with Crippen molar-refractivity contribution in [1.29, 1.82) is 0 Å². The van der Waals surface area contributed by atoms with Crippen molar-refractivity contribution in [2.75, 3.05) is 11.1 Å². The van der Waals surface area contributed by atoms with Gasteiger partial charge in [-0.05, 0) is 61.9 Å². The maximum absolute atomic E-state index is 13.2. The third-order valence-electron chi connectivity index (χ3n) is 5.74. The van der Waals surface area contributed by atoms with Crippen LogP contribution in [0.15, 0.2) is 114 Å². The molecule has 6 heteroatoms. The standard InChI is InChI=1S/C32H28N2O3S/c1-22-11-13-25(14-12-22)30(35)21-38-28-17-15-27(16-18-28)33-32(37)29(20-24-8-6-7-23(2)19-24)34-31(36)26-9-4-3-5-10-26/h3-20H,21H2,1-2H3,(H,33,37)(H,34,36)/b29-20-. The third-order valence-corrected chi connectivity index (χ3v) is 6.75. The van der Waals surface area contributed by atoms with E-state index in [0.29, 0.717) is 22.6 Å². The number of nitrogens with one attached hydrogen (secondary N) is 2. The molecule has 38 heavy (non-hydrogen) atoms. The number of rotatable bonds is 9. The fourth-order valence-corrected chi connectivity index (χ4v) is 4.47. The number of amides is 2. The maximum atomic E-state index is 13.2. The third kappa shape index (κ3) is 7.54. The Hall–Kier alpha value is -4.42. The van der Waals surface area contributed by atoms with Crippen LogP contribution >= 0.6 is 11.8 Å². The number of ketones is 1. The van der Waals surface area contributed by atoms with Crippen LogP contribution in [-0.4, -0.2) is 23.4 Å². The summed E-state index contributed by atoms with van der Waals surface area (Å²) >= 11 is 1.44. The van der Waals surface area contributed by atoms with Crippen molar-refractivity contribution in [2.45, 2.75) is 18.7 Å². The molecule has 5 nitrogen and oxygen atoms in total. The minimum atomic E-state index is -0.439. The molecular formula is C32H28N2O3S. The lowest BCUT2D eigenvalue weighted by Gasteiger charge is -2.12. The molecule has 0 aliphatic rings. The van der Waals surface area contributed by atoms with E-state index in [2.05, 4.69) is 10.6 Å². The van der Waals surface area contributed by atoms with E-state index in [1.165, 1.54) is 11.8 Å². The van der Waals surface area contributed by atoms with Gasteiger partial charge in [0, 0.05) is 21.7 Å². The molecule has 4 aromatic carbocycles. The summed E-state index contributed by atoms with van der Waals surface area (Å²) in [6.45, 7) is 3.95. The zero-order valence-corrected chi connectivity index (χ0v) is 22.0. The summed E-state index contributed by atoms with van der Waals surface area (Å²) in [6, 6.07) is 31.2. The number of hydrogen-bond acceptors (Lipinski definition) is 4. The number of carbonyl (C=O) groups excluding carboxylic acids is 3. The molecule has 0 bridgehead atoms. The lowest BCUT2D eigenvalue weighted by Crippen LogP contribution is -2.30. The van der Waals surface area contributed by atoms with Gasteiger partial charge >= 0.3 is 0 Å². The van der Waals surface area contributed by atoms with Crippen LogP contribution in [0.25, 0.3) is 6.08 Å². The average molecular weight is 521 g/mol. The topological polar surface area (TPSA) is 75.3 Å². The van der Waals surface area contributed by atoms with E-state index in [4.69, 9.17) is 0 Å². The number of anilines is 1. The van der Waals surface area contributed by atoms with E-state index in [-0.39, 0.29) is 17.4 Å². The average Bonchev–Trinajstić information content (AvgIpc) is 2.93.